The predicted octanol–water partition coefficient (Wildman–Crippen LogP) is 1.72. The van der Waals surface area contributed by atoms with Crippen LogP contribution in [0.25, 0.3) is 0 Å². The van der Waals surface area contributed by atoms with Gasteiger partial charge in [0.2, 0.25) is 0 Å². The molecule has 2 heteroatoms. The van der Waals surface area contributed by atoms with Gasteiger partial charge in [-0.3, -0.25) is 0 Å². The van der Waals surface area contributed by atoms with E-state index in [1.165, 1.54) is 38.9 Å². The van der Waals surface area contributed by atoms with Crippen LogP contribution in [-0.2, 0) is 0 Å². The van der Waals surface area contributed by atoms with Crippen LogP contribution in [0.3, 0.4) is 0 Å². The second-order valence-corrected chi connectivity index (χ2v) is 4.10. The van der Waals surface area contributed by atoms with Crippen LogP contribution in [0.1, 0.15) is 33.1 Å². The van der Waals surface area contributed by atoms with E-state index in [2.05, 4.69) is 17.3 Å². The quantitative estimate of drug-likeness (QED) is 0.718. The van der Waals surface area contributed by atoms with E-state index in [9.17, 15) is 0 Å². The molecule has 1 aliphatic heterocycles. The first-order valence-corrected chi connectivity index (χ1v) is 5.76. The molecule has 0 radical (unpaired) electrons. The number of likely N-dealkylation sites (tertiary alicyclic amines) is 1. The van der Waals surface area contributed by atoms with Gasteiger partial charge in [0.1, 0.15) is 0 Å². The molecule has 1 atom stereocenters. The molecule has 13 heavy (non-hydrogen) atoms. The van der Waals surface area contributed by atoms with Crippen molar-refractivity contribution in [3.05, 3.63) is 0 Å². The molecule has 0 spiro atoms. The Morgan fingerprint density at radius 1 is 1.23 bits per heavy atom. The zero-order valence-corrected chi connectivity index (χ0v) is 9.34. The van der Waals surface area contributed by atoms with E-state index in [1.54, 1.807) is 0 Å². The van der Waals surface area contributed by atoms with Gasteiger partial charge in [-0.2, -0.15) is 0 Å². The molecule has 2 aliphatic rings. The van der Waals surface area contributed by atoms with Gasteiger partial charge in [0.25, 0.3) is 0 Å². The Balaban J connectivity index is 0.000000396. The molecule has 2 rings (SSSR count). The normalized spacial score (nSPS) is 28.4. The fourth-order valence-corrected chi connectivity index (χ4v) is 1.76. The van der Waals surface area contributed by atoms with Gasteiger partial charge in [0.15, 0.2) is 0 Å². The molecule has 1 saturated carbocycles. The summed E-state index contributed by atoms with van der Waals surface area (Å²) in [4.78, 5) is 2.41. The summed E-state index contributed by atoms with van der Waals surface area (Å²) in [5, 5.41) is 3.63. The highest BCUT2D eigenvalue weighted by Crippen LogP contribution is 2.27. The van der Waals surface area contributed by atoms with E-state index < -0.39 is 0 Å². The molecule has 2 nitrogen and oxygen atoms in total. The third kappa shape index (κ3) is 4.10. The Labute approximate surface area is 82.7 Å². The first kappa shape index (κ1) is 11.0. The number of nitrogens with one attached hydrogen (secondary N) is 1. The van der Waals surface area contributed by atoms with Gasteiger partial charge in [0.05, 0.1) is 0 Å². The Hall–Kier alpha value is -0.0800. The average molecular weight is 184 g/mol. The van der Waals surface area contributed by atoms with Crippen LogP contribution < -0.4 is 5.32 Å². The lowest BCUT2D eigenvalue weighted by Gasteiger charge is -2.11. The SMILES string of the molecule is CC.CN1CCC(NCC2CC2)C1. The Morgan fingerprint density at radius 3 is 2.38 bits per heavy atom. The number of nitrogens with zero attached hydrogens (tertiary/aromatic N) is 1. The molecule has 0 aromatic carbocycles. The second-order valence-electron chi connectivity index (χ2n) is 4.10. The molecule has 0 amide bonds. The fourth-order valence-electron chi connectivity index (χ4n) is 1.76. The van der Waals surface area contributed by atoms with Gasteiger partial charge >= 0.3 is 0 Å². The van der Waals surface area contributed by atoms with Crippen molar-refractivity contribution in [2.75, 3.05) is 26.7 Å². The van der Waals surface area contributed by atoms with E-state index in [0.29, 0.717) is 0 Å². The standard InChI is InChI=1S/C9H18N2.C2H6/c1-11-5-4-9(7-11)10-6-8-2-3-8;1-2/h8-10H,2-7H2,1H3;1-2H3. The third-order valence-corrected chi connectivity index (χ3v) is 2.78. The zero-order chi connectivity index (χ0) is 9.68. The highest BCUT2D eigenvalue weighted by Gasteiger charge is 2.24. The van der Waals surface area contributed by atoms with Gasteiger partial charge in [-0.05, 0) is 45.3 Å². The first-order valence-electron chi connectivity index (χ1n) is 5.76. The minimum absolute atomic E-state index is 0.792. The average Bonchev–Trinajstić information content (AvgIpc) is 2.90. The van der Waals surface area contributed by atoms with Gasteiger partial charge < -0.3 is 10.2 Å². The van der Waals surface area contributed by atoms with Crippen LogP contribution in [0, 0.1) is 5.92 Å². The van der Waals surface area contributed by atoms with Crippen LogP contribution >= 0.6 is 0 Å². The number of likely N-dealkylation sites (N-methyl/N-ethyl adjacent to an activating group) is 1. The second kappa shape index (κ2) is 5.61. The minimum Gasteiger partial charge on any atom is -0.312 e. The molecule has 2 fully saturated rings. The smallest absolute Gasteiger partial charge is 0.0207 e. The van der Waals surface area contributed by atoms with Crippen LogP contribution in [0.15, 0.2) is 0 Å². The highest BCUT2D eigenvalue weighted by molar-refractivity contribution is 4.82. The number of rotatable bonds is 3. The topological polar surface area (TPSA) is 15.3 Å². The molecule has 1 saturated heterocycles. The lowest BCUT2D eigenvalue weighted by molar-refractivity contribution is 0.396. The Bertz CT molecular complexity index is 132. The molecule has 0 aromatic rings. The van der Waals surface area contributed by atoms with Crippen molar-refractivity contribution in [1.82, 2.24) is 10.2 Å². The first-order chi connectivity index (χ1) is 6.34. The molecular formula is C11H24N2. The molecule has 1 heterocycles. The number of hydrogen-bond donors (Lipinski definition) is 1. The van der Waals surface area contributed by atoms with Gasteiger partial charge in [-0.25, -0.2) is 0 Å². The summed E-state index contributed by atoms with van der Waals surface area (Å²) in [5.41, 5.74) is 0. The monoisotopic (exact) mass is 184 g/mol. The summed E-state index contributed by atoms with van der Waals surface area (Å²) in [5.74, 6) is 1.03. The Kier molecular flexibility index (Phi) is 4.74. The molecule has 1 aliphatic carbocycles. The fraction of sp³-hybridized carbons (Fsp3) is 1.00. The molecule has 0 bridgehead atoms. The van der Waals surface area contributed by atoms with E-state index in [1.807, 2.05) is 13.8 Å². The largest absolute Gasteiger partial charge is 0.312 e. The Morgan fingerprint density at radius 2 is 1.92 bits per heavy atom. The lowest BCUT2D eigenvalue weighted by atomic mass is 10.2. The third-order valence-electron chi connectivity index (χ3n) is 2.78. The van der Waals surface area contributed by atoms with Crippen LogP contribution in [0.5, 0.6) is 0 Å². The maximum Gasteiger partial charge on any atom is 0.0207 e. The lowest BCUT2D eigenvalue weighted by Crippen LogP contribution is -2.32. The molecule has 0 aromatic heterocycles. The minimum atomic E-state index is 0.792. The van der Waals surface area contributed by atoms with Crippen molar-refractivity contribution in [1.29, 1.82) is 0 Å². The highest BCUT2D eigenvalue weighted by atomic mass is 15.2. The number of hydrogen-bond acceptors (Lipinski definition) is 2. The maximum absolute atomic E-state index is 3.63. The van der Waals surface area contributed by atoms with Crippen molar-refractivity contribution >= 4 is 0 Å². The maximum atomic E-state index is 3.63. The summed E-state index contributed by atoms with van der Waals surface area (Å²) in [6.07, 6.45) is 4.29. The van der Waals surface area contributed by atoms with Crippen LogP contribution in [0.4, 0.5) is 0 Å². The summed E-state index contributed by atoms with van der Waals surface area (Å²) >= 11 is 0. The van der Waals surface area contributed by atoms with Crippen molar-refractivity contribution in [3.8, 4) is 0 Å². The van der Waals surface area contributed by atoms with Crippen LogP contribution in [0.2, 0.25) is 0 Å². The summed E-state index contributed by atoms with van der Waals surface area (Å²) in [7, 11) is 2.21. The molecule has 1 N–H and O–H groups in total. The van der Waals surface area contributed by atoms with Gasteiger partial charge in [-0.1, -0.05) is 13.8 Å². The molecule has 1 unspecified atom stereocenters. The van der Waals surface area contributed by atoms with E-state index >= 15 is 0 Å². The summed E-state index contributed by atoms with van der Waals surface area (Å²) < 4.78 is 0. The molecular weight excluding hydrogens is 160 g/mol. The van der Waals surface area contributed by atoms with Gasteiger partial charge in [-0.15, -0.1) is 0 Å². The van der Waals surface area contributed by atoms with Crippen LogP contribution in [-0.4, -0.2) is 37.6 Å². The predicted molar refractivity (Wildman–Crippen MR) is 58.0 cm³/mol. The molecule has 78 valence electrons. The van der Waals surface area contributed by atoms with Crippen molar-refractivity contribution < 1.29 is 0 Å². The van der Waals surface area contributed by atoms with E-state index in [0.717, 1.165) is 12.0 Å². The van der Waals surface area contributed by atoms with Crippen molar-refractivity contribution in [2.24, 2.45) is 5.92 Å². The summed E-state index contributed by atoms with van der Waals surface area (Å²) in [6.45, 7) is 7.81. The van der Waals surface area contributed by atoms with E-state index in [4.69, 9.17) is 0 Å². The van der Waals surface area contributed by atoms with E-state index in [-0.39, 0.29) is 0 Å². The van der Waals surface area contributed by atoms with Crippen molar-refractivity contribution in [3.63, 3.8) is 0 Å². The van der Waals surface area contributed by atoms with Crippen molar-refractivity contribution in [2.45, 2.75) is 39.2 Å². The summed E-state index contributed by atoms with van der Waals surface area (Å²) in [6, 6.07) is 0.792. The zero-order valence-electron chi connectivity index (χ0n) is 9.34. The van der Waals surface area contributed by atoms with Gasteiger partial charge in [0, 0.05) is 12.6 Å².